The van der Waals surface area contributed by atoms with Crippen LogP contribution in [0.2, 0.25) is 0 Å². The van der Waals surface area contributed by atoms with E-state index in [4.69, 9.17) is 15.2 Å². The molecule has 8 heteroatoms. The van der Waals surface area contributed by atoms with Crippen LogP contribution >= 0.6 is 0 Å². The lowest BCUT2D eigenvalue weighted by atomic mass is 9.91. The Hall–Kier alpha value is -1.63. The number of aliphatic imine (C=N–C) groups is 1. The van der Waals surface area contributed by atoms with Crippen LogP contribution in [0, 0.1) is 11.8 Å². The van der Waals surface area contributed by atoms with Gasteiger partial charge in [-0.1, -0.05) is 5.92 Å². The van der Waals surface area contributed by atoms with Gasteiger partial charge in [-0.3, -0.25) is 0 Å². The van der Waals surface area contributed by atoms with E-state index in [1.165, 1.54) is 18.9 Å². The Morgan fingerprint density at radius 1 is 1.57 bits per heavy atom. The third-order valence-electron chi connectivity index (χ3n) is 3.98. The van der Waals surface area contributed by atoms with Crippen molar-refractivity contribution in [2.24, 2.45) is 10.7 Å². The minimum Gasteiger partial charge on any atom is -0.391 e. The molecular formula is C15H23N3O5. The Bertz CT molecular complexity index is 579. The zero-order valence-electron chi connectivity index (χ0n) is 13.6. The summed E-state index contributed by atoms with van der Waals surface area (Å²) in [4.78, 5) is 5.22. The van der Waals surface area contributed by atoms with Crippen LogP contribution in [-0.2, 0) is 9.47 Å². The Labute approximate surface area is 135 Å². The van der Waals surface area contributed by atoms with E-state index >= 15 is 0 Å². The highest BCUT2D eigenvalue weighted by Gasteiger charge is 2.60. The molecule has 5 N–H and O–H groups in total. The van der Waals surface area contributed by atoms with Crippen LogP contribution in [0.15, 0.2) is 16.8 Å². The summed E-state index contributed by atoms with van der Waals surface area (Å²) in [7, 11) is 1.40. The first-order valence-corrected chi connectivity index (χ1v) is 7.26. The number of aliphatic hydroxyl groups is 3. The second kappa shape index (κ2) is 6.47. The second-order valence-corrected chi connectivity index (χ2v) is 5.64. The summed E-state index contributed by atoms with van der Waals surface area (Å²) < 4.78 is 11.1. The predicted molar refractivity (Wildman–Crippen MR) is 82.8 cm³/mol. The number of methoxy groups -OCH3 is 1. The van der Waals surface area contributed by atoms with Gasteiger partial charge >= 0.3 is 0 Å². The smallest absolute Gasteiger partial charge is 0.229 e. The van der Waals surface area contributed by atoms with Gasteiger partial charge < -0.3 is 35.4 Å². The van der Waals surface area contributed by atoms with Crippen molar-refractivity contribution in [3.8, 4) is 11.8 Å². The van der Waals surface area contributed by atoms with Crippen molar-refractivity contribution in [3.63, 3.8) is 0 Å². The van der Waals surface area contributed by atoms with E-state index in [0.717, 1.165) is 0 Å². The number of allylic oxidation sites excluding steroid dienone is 1. The topological polar surface area (TPSA) is 121 Å². The summed E-state index contributed by atoms with van der Waals surface area (Å²) in [6.07, 6.45) is -3.49. The van der Waals surface area contributed by atoms with E-state index < -0.39 is 36.5 Å². The highest BCUT2D eigenvalue weighted by atomic mass is 16.6. The summed E-state index contributed by atoms with van der Waals surface area (Å²) in [5.41, 5.74) is 4.41. The van der Waals surface area contributed by atoms with Gasteiger partial charge in [0.15, 0.2) is 11.8 Å². The van der Waals surface area contributed by atoms with E-state index in [0.29, 0.717) is 5.70 Å². The maximum absolute atomic E-state index is 11.1. The first-order valence-electron chi connectivity index (χ1n) is 7.26. The molecule has 0 amide bonds. The van der Waals surface area contributed by atoms with Gasteiger partial charge in [-0.15, -0.1) is 5.92 Å². The molecule has 6 atom stereocenters. The van der Waals surface area contributed by atoms with Crippen molar-refractivity contribution in [2.75, 3.05) is 7.11 Å². The largest absolute Gasteiger partial charge is 0.391 e. The van der Waals surface area contributed by atoms with Crippen LogP contribution < -0.4 is 5.73 Å². The molecule has 0 aromatic carbocycles. The summed E-state index contributed by atoms with van der Waals surface area (Å²) in [5.74, 6) is 5.51. The molecule has 2 unspecified atom stereocenters. The SMILES string of the molecule is CC#CC1(O)[C@@H](OC)[C@@H]([C@H](C)O)O[C@H]1N1C(C)=CC(N)=NC1O. The number of hydrogen-bond donors (Lipinski definition) is 4. The summed E-state index contributed by atoms with van der Waals surface area (Å²) in [5, 5.41) is 31.3. The number of nitrogens with two attached hydrogens (primary N) is 1. The van der Waals surface area contributed by atoms with Crippen LogP contribution in [0.1, 0.15) is 20.8 Å². The van der Waals surface area contributed by atoms with Crippen molar-refractivity contribution in [3.05, 3.63) is 11.8 Å². The molecule has 1 saturated heterocycles. The Morgan fingerprint density at radius 3 is 2.70 bits per heavy atom. The van der Waals surface area contributed by atoms with Crippen molar-refractivity contribution in [1.29, 1.82) is 0 Å². The van der Waals surface area contributed by atoms with Crippen molar-refractivity contribution in [1.82, 2.24) is 4.90 Å². The zero-order chi connectivity index (χ0) is 17.4. The lowest BCUT2D eigenvalue weighted by molar-refractivity contribution is -0.158. The molecule has 2 heterocycles. The molecule has 0 spiro atoms. The van der Waals surface area contributed by atoms with Crippen LogP contribution in [0.3, 0.4) is 0 Å². The van der Waals surface area contributed by atoms with Gasteiger partial charge in [0.05, 0.1) is 6.10 Å². The molecule has 2 rings (SSSR count). The quantitative estimate of drug-likeness (QED) is 0.477. The van der Waals surface area contributed by atoms with Crippen LogP contribution in [-0.4, -0.2) is 69.7 Å². The van der Waals surface area contributed by atoms with E-state index in [9.17, 15) is 15.3 Å². The number of ether oxygens (including phenoxy) is 2. The lowest BCUT2D eigenvalue weighted by Gasteiger charge is -2.40. The third kappa shape index (κ3) is 2.94. The molecule has 2 aliphatic rings. The van der Waals surface area contributed by atoms with Crippen LogP contribution in [0.25, 0.3) is 0 Å². The van der Waals surface area contributed by atoms with E-state index in [-0.39, 0.29) is 5.84 Å². The number of aliphatic hydroxyl groups excluding tert-OH is 2. The number of rotatable bonds is 3. The molecular weight excluding hydrogens is 302 g/mol. The maximum Gasteiger partial charge on any atom is 0.229 e. The van der Waals surface area contributed by atoms with E-state index in [2.05, 4.69) is 16.8 Å². The Kier molecular flexibility index (Phi) is 4.98. The third-order valence-corrected chi connectivity index (χ3v) is 3.98. The predicted octanol–water partition coefficient (Wildman–Crippen LogP) is -1.29. The van der Waals surface area contributed by atoms with Gasteiger partial charge in [0.25, 0.3) is 0 Å². The van der Waals surface area contributed by atoms with Gasteiger partial charge in [-0.05, 0) is 26.8 Å². The number of nitrogens with zero attached hydrogens (tertiary/aromatic N) is 2. The van der Waals surface area contributed by atoms with Gasteiger partial charge in [-0.25, -0.2) is 4.99 Å². The molecule has 8 nitrogen and oxygen atoms in total. The first-order chi connectivity index (χ1) is 10.8. The second-order valence-electron chi connectivity index (χ2n) is 5.64. The van der Waals surface area contributed by atoms with Crippen molar-refractivity contribution >= 4 is 5.84 Å². The average molecular weight is 325 g/mol. The van der Waals surface area contributed by atoms with Gasteiger partial charge in [0.1, 0.15) is 18.0 Å². The highest BCUT2D eigenvalue weighted by molar-refractivity contribution is 5.92. The van der Waals surface area contributed by atoms with Crippen molar-refractivity contribution < 1.29 is 24.8 Å². The fourth-order valence-corrected chi connectivity index (χ4v) is 3.02. The van der Waals surface area contributed by atoms with E-state index in [1.807, 2.05) is 0 Å². The summed E-state index contributed by atoms with van der Waals surface area (Å²) in [6.45, 7) is 4.80. The van der Waals surface area contributed by atoms with Gasteiger partial charge in [-0.2, -0.15) is 0 Å². The molecule has 1 fully saturated rings. The molecule has 0 bridgehead atoms. The normalized spacial score (nSPS) is 38.5. The number of amidine groups is 1. The molecule has 128 valence electrons. The molecule has 0 saturated carbocycles. The fourth-order valence-electron chi connectivity index (χ4n) is 3.02. The Morgan fingerprint density at radius 2 is 2.22 bits per heavy atom. The summed E-state index contributed by atoms with van der Waals surface area (Å²) >= 11 is 0. The lowest BCUT2D eigenvalue weighted by Crippen LogP contribution is -2.57. The minimum atomic E-state index is -1.76. The molecule has 23 heavy (non-hydrogen) atoms. The monoisotopic (exact) mass is 325 g/mol. The molecule has 0 aromatic rings. The zero-order valence-corrected chi connectivity index (χ0v) is 13.6. The fraction of sp³-hybridized carbons (Fsp3) is 0.667. The summed E-state index contributed by atoms with van der Waals surface area (Å²) in [6, 6.07) is 0. The minimum absolute atomic E-state index is 0.171. The molecule has 0 aromatic heterocycles. The van der Waals surface area contributed by atoms with Gasteiger partial charge in [0, 0.05) is 12.8 Å². The van der Waals surface area contributed by atoms with Crippen LogP contribution in [0.4, 0.5) is 0 Å². The number of hydrogen-bond acceptors (Lipinski definition) is 8. The van der Waals surface area contributed by atoms with E-state index in [1.54, 1.807) is 19.9 Å². The van der Waals surface area contributed by atoms with Crippen molar-refractivity contribution in [2.45, 2.75) is 57.3 Å². The standard InChI is InChI=1S/C15H23N3O5/c1-5-6-15(21)12(22-4)11(9(3)19)23-13(15)18-8(2)7-10(16)17-14(18)20/h7,9,11-14,19-21H,1-4H3,(H2,16,17)/t9-,11+,12-,13+,14?,15?/m0/s1. The highest BCUT2D eigenvalue weighted by Crippen LogP contribution is 2.39. The average Bonchev–Trinajstić information content (AvgIpc) is 2.71. The first kappa shape index (κ1) is 17.7. The molecule has 0 radical (unpaired) electrons. The maximum atomic E-state index is 11.1. The Balaban J connectivity index is 2.47. The van der Waals surface area contributed by atoms with Gasteiger partial charge in [0.2, 0.25) is 6.35 Å². The molecule has 0 aliphatic carbocycles. The molecule has 2 aliphatic heterocycles. The van der Waals surface area contributed by atoms with Crippen LogP contribution in [0.5, 0.6) is 0 Å².